The Kier molecular flexibility index (Phi) is 8.37. The van der Waals surface area contributed by atoms with E-state index < -0.39 is 16.0 Å². The van der Waals surface area contributed by atoms with Crippen LogP contribution in [0.15, 0.2) is 0 Å². The summed E-state index contributed by atoms with van der Waals surface area (Å²) in [7, 11) is -0.797. The second kappa shape index (κ2) is 7.61. The van der Waals surface area contributed by atoms with Crippen molar-refractivity contribution in [2.45, 2.75) is 52.7 Å². The molecule has 0 bridgehead atoms. The fourth-order valence-electron chi connectivity index (χ4n) is 0.383. The van der Waals surface area contributed by atoms with Crippen LogP contribution in [0.2, 0.25) is 0 Å². The summed E-state index contributed by atoms with van der Waals surface area (Å²) in [5.74, 6) is 9.14. The minimum atomic E-state index is -0.852. The lowest BCUT2D eigenvalue weighted by atomic mass is 10.2. The molecule has 0 rings (SSSR count). The predicted molar refractivity (Wildman–Crippen MR) is 70.0 cm³/mol. The van der Waals surface area contributed by atoms with Crippen LogP contribution in [-0.4, -0.2) is 32.4 Å². The first-order valence-electron chi connectivity index (χ1n) is 5.22. The minimum Gasteiger partial charge on any atom is -0.394 e. The van der Waals surface area contributed by atoms with E-state index in [0.717, 1.165) is 0 Å². The maximum absolute atomic E-state index is 9.60. The molecule has 0 aromatic heterocycles. The molecule has 104 valence electrons. The van der Waals surface area contributed by atoms with Gasteiger partial charge in [-0.25, -0.2) is 16.5 Å². The Hall–Kier alpha value is -0.673. The average molecular weight is 266 g/mol. The molecule has 0 aliphatic carbocycles. The summed E-state index contributed by atoms with van der Waals surface area (Å²) in [6.07, 6.45) is 0. The number of carbonyl (C=O) groups excluding carboxylic acids is 1. The zero-order chi connectivity index (χ0) is 14.3. The first-order valence-corrected chi connectivity index (χ1v) is 6.37. The molecular formula is C9H26N4O3Si. The zero-order valence-electron chi connectivity index (χ0n) is 11.6. The minimum absolute atomic E-state index is 0.0442. The summed E-state index contributed by atoms with van der Waals surface area (Å²) in [6, 6.07) is -0.852. The molecule has 7 nitrogen and oxygen atoms in total. The molecule has 0 atom stereocenters. The Bertz CT molecular complexity index is 209. The maximum atomic E-state index is 9.60. The van der Waals surface area contributed by atoms with E-state index in [2.05, 4.69) is 17.4 Å². The van der Waals surface area contributed by atoms with Gasteiger partial charge in [0.15, 0.2) is 0 Å². The van der Waals surface area contributed by atoms with Crippen molar-refractivity contribution in [1.82, 2.24) is 5.12 Å². The smallest absolute Gasteiger partial charge is 0.343 e. The van der Waals surface area contributed by atoms with E-state index in [1.807, 2.05) is 41.5 Å². The second-order valence-electron chi connectivity index (χ2n) is 5.38. The van der Waals surface area contributed by atoms with E-state index >= 15 is 0 Å². The van der Waals surface area contributed by atoms with Gasteiger partial charge in [0.1, 0.15) is 0 Å². The van der Waals surface area contributed by atoms with Gasteiger partial charge in [0.05, 0.1) is 0 Å². The highest BCUT2D eigenvalue weighted by Gasteiger charge is 2.14. The number of nitrogens with two attached hydrogens (primary N) is 3. The van der Waals surface area contributed by atoms with Gasteiger partial charge in [-0.1, -0.05) is 0 Å². The standard InChI is InChI=1S/C8H20O2Si.CH6N4O/c1-7(2,3)9-11-10-8(4,5)6;2-1(6)5(3)4/h11H2,1-6H3;3-4H2,(H2,2,6). The van der Waals surface area contributed by atoms with Gasteiger partial charge in [-0.3, -0.25) is 0 Å². The third-order valence-electron chi connectivity index (χ3n) is 1.24. The Labute approximate surface area is 106 Å². The van der Waals surface area contributed by atoms with Crippen molar-refractivity contribution in [3.8, 4) is 0 Å². The van der Waals surface area contributed by atoms with Gasteiger partial charge in [0.2, 0.25) is 0 Å². The SMILES string of the molecule is CC(C)(C)O[SiH2]OC(C)(C)C.NC(=O)N(N)N. The quantitative estimate of drug-likeness (QED) is 0.275. The third-order valence-corrected chi connectivity index (χ3v) is 3.21. The van der Waals surface area contributed by atoms with Gasteiger partial charge >= 0.3 is 16.0 Å². The highest BCUT2D eigenvalue weighted by Crippen LogP contribution is 2.09. The molecule has 0 saturated carbocycles. The normalized spacial score (nSPS) is 11.5. The Morgan fingerprint density at radius 3 is 1.35 bits per heavy atom. The van der Waals surface area contributed by atoms with E-state index in [4.69, 9.17) is 8.85 Å². The molecule has 0 aliphatic heterocycles. The summed E-state index contributed by atoms with van der Waals surface area (Å²) in [5, 5.41) is 0.306. The largest absolute Gasteiger partial charge is 0.394 e. The molecule has 0 aromatic carbocycles. The van der Waals surface area contributed by atoms with Gasteiger partial charge < -0.3 is 14.6 Å². The third kappa shape index (κ3) is 21.2. The van der Waals surface area contributed by atoms with Crippen molar-refractivity contribution in [2.24, 2.45) is 17.4 Å². The van der Waals surface area contributed by atoms with Gasteiger partial charge in [-0.05, 0) is 41.5 Å². The highest BCUT2D eigenvalue weighted by molar-refractivity contribution is 6.18. The topological polar surface area (TPSA) is 117 Å². The number of rotatable bonds is 2. The first kappa shape index (κ1) is 18.7. The molecule has 0 spiro atoms. The van der Waals surface area contributed by atoms with Crippen LogP contribution in [0.5, 0.6) is 0 Å². The summed E-state index contributed by atoms with van der Waals surface area (Å²) < 4.78 is 11.0. The predicted octanol–water partition coefficient (Wildman–Crippen LogP) is -0.270. The molecule has 17 heavy (non-hydrogen) atoms. The van der Waals surface area contributed by atoms with Crippen LogP contribution in [0.1, 0.15) is 41.5 Å². The molecule has 0 unspecified atom stereocenters. The summed E-state index contributed by atoms with van der Waals surface area (Å²) in [4.78, 5) is 9.60. The van der Waals surface area contributed by atoms with Gasteiger partial charge in [0.25, 0.3) is 0 Å². The van der Waals surface area contributed by atoms with Crippen molar-refractivity contribution < 1.29 is 13.6 Å². The number of carbonyl (C=O) groups is 1. The average Bonchev–Trinajstić information content (AvgIpc) is 1.99. The van der Waals surface area contributed by atoms with Crippen LogP contribution in [0.3, 0.4) is 0 Å². The van der Waals surface area contributed by atoms with Gasteiger partial charge in [0, 0.05) is 11.2 Å². The summed E-state index contributed by atoms with van der Waals surface area (Å²) in [5.41, 5.74) is 4.38. The molecule has 2 amide bonds. The fourth-order valence-corrected chi connectivity index (χ4v) is 1.15. The Morgan fingerprint density at radius 2 is 1.24 bits per heavy atom. The van der Waals surface area contributed by atoms with Crippen LogP contribution < -0.4 is 17.4 Å². The molecule has 0 radical (unpaired) electrons. The molecule has 8 heteroatoms. The number of urea groups is 1. The lowest BCUT2D eigenvalue weighted by molar-refractivity contribution is 0.0510. The number of hydrogen-bond donors (Lipinski definition) is 3. The summed E-state index contributed by atoms with van der Waals surface area (Å²) in [6.45, 7) is 12.3. The molecule has 6 N–H and O–H groups in total. The lowest BCUT2D eigenvalue weighted by Gasteiger charge is -2.24. The fraction of sp³-hybridized carbons (Fsp3) is 0.889. The van der Waals surface area contributed by atoms with Crippen molar-refractivity contribution >= 4 is 16.0 Å². The monoisotopic (exact) mass is 266 g/mol. The summed E-state index contributed by atoms with van der Waals surface area (Å²) >= 11 is 0. The van der Waals surface area contributed by atoms with Crippen molar-refractivity contribution in [2.75, 3.05) is 0 Å². The zero-order valence-corrected chi connectivity index (χ0v) is 13.0. The van der Waals surface area contributed by atoms with Crippen molar-refractivity contribution in [3.63, 3.8) is 0 Å². The van der Waals surface area contributed by atoms with E-state index in [-0.39, 0.29) is 11.2 Å². The van der Waals surface area contributed by atoms with Gasteiger partial charge in [-0.2, -0.15) is 5.12 Å². The van der Waals surface area contributed by atoms with E-state index in [1.165, 1.54) is 0 Å². The second-order valence-corrected chi connectivity index (χ2v) is 6.19. The Morgan fingerprint density at radius 1 is 1.00 bits per heavy atom. The first-order chi connectivity index (χ1) is 7.35. The lowest BCUT2D eigenvalue weighted by Crippen LogP contribution is -2.46. The highest BCUT2D eigenvalue weighted by atomic mass is 28.3. The molecule has 0 saturated heterocycles. The molecule has 0 fully saturated rings. The Balaban J connectivity index is 0. The van der Waals surface area contributed by atoms with E-state index in [9.17, 15) is 4.79 Å². The number of hydrazine groups is 2. The molecule has 0 aromatic rings. The van der Waals surface area contributed by atoms with E-state index in [0.29, 0.717) is 5.12 Å². The molecule has 0 heterocycles. The van der Waals surface area contributed by atoms with Crippen LogP contribution >= 0.6 is 0 Å². The molecular weight excluding hydrogens is 240 g/mol. The number of hydrogen-bond acceptors (Lipinski definition) is 5. The van der Waals surface area contributed by atoms with Crippen LogP contribution in [0.25, 0.3) is 0 Å². The van der Waals surface area contributed by atoms with Crippen molar-refractivity contribution in [1.29, 1.82) is 0 Å². The number of primary amides is 1. The van der Waals surface area contributed by atoms with Crippen LogP contribution in [0, 0.1) is 0 Å². The molecule has 0 aliphatic rings. The maximum Gasteiger partial charge on any atom is 0.343 e. The van der Waals surface area contributed by atoms with Gasteiger partial charge in [-0.15, -0.1) is 0 Å². The van der Waals surface area contributed by atoms with Crippen LogP contribution in [-0.2, 0) is 8.85 Å². The van der Waals surface area contributed by atoms with Crippen LogP contribution in [0.4, 0.5) is 4.79 Å². The van der Waals surface area contributed by atoms with Crippen molar-refractivity contribution in [3.05, 3.63) is 0 Å². The number of amides is 2. The van der Waals surface area contributed by atoms with E-state index in [1.54, 1.807) is 0 Å². The number of nitrogens with zero attached hydrogens (tertiary/aromatic N) is 1.